The smallest absolute Gasteiger partial charge is 0.405 e. The number of nitrogens with two attached hydrogens (primary N) is 1. The van der Waals surface area contributed by atoms with Crippen LogP contribution in [-0.4, -0.2) is 33.0 Å². The van der Waals surface area contributed by atoms with Gasteiger partial charge in [-0.2, -0.15) is 0 Å². The molecule has 0 bridgehead atoms. The lowest BCUT2D eigenvalue weighted by molar-refractivity contribution is -0.384. The Balaban J connectivity index is 1.59. The number of pyridine rings is 1. The van der Waals surface area contributed by atoms with Gasteiger partial charge in [-0.25, -0.2) is 9.78 Å². The maximum Gasteiger partial charge on any atom is 0.405 e. The number of amides is 2. The molecule has 2 amide bonds. The molecule has 4 aromatic rings. The van der Waals surface area contributed by atoms with Crippen molar-refractivity contribution in [2.45, 2.75) is 25.0 Å². The summed E-state index contributed by atoms with van der Waals surface area (Å²) in [5.41, 5.74) is 7.50. The summed E-state index contributed by atoms with van der Waals surface area (Å²) in [5, 5.41) is 18.5. The third-order valence-corrected chi connectivity index (χ3v) is 7.07. The number of nitrogens with one attached hydrogen (secondary N) is 1. The Morgan fingerprint density at radius 1 is 1.06 bits per heavy atom. The average Bonchev–Trinajstić information content (AvgIpc) is 3.56. The topological polar surface area (TPSA) is 150 Å². The Morgan fingerprint density at radius 2 is 1.78 bits per heavy atom. The fraction of sp³-hybridized carbons (Fsp3) is 0.167. The Bertz CT molecular complexity index is 1330. The van der Waals surface area contributed by atoms with Gasteiger partial charge in [0.25, 0.3) is 11.6 Å². The molecule has 184 valence electrons. The number of rotatable bonds is 10. The van der Waals surface area contributed by atoms with Crippen molar-refractivity contribution in [2.75, 3.05) is 0 Å². The predicted octanol–water partition coefficient (Wildman–Crippen LogP) is 4.28. The Labute approximate surface area is 213 Å². The van der Waals surface area contributed by atoms with E-state index in [4.69, 9.17) is 15.5 Å². The van der Waals surface area contributed by atoms with Gasteiger partial charge in [-0.05, 0) is 41.1 Å². The van der Waals surface area contributed by atoms with E-state index in [0.29, 0.717) is 11.4 Å². The largest absolute Gasteiger partial charge is 0.436 e. The zero-order valence-corrected chi connectivity index (χ0v) is 20.4. The molecule has 0 fully saturated rings. The fourth-order valence-corrected chi connectivity index (χ4v) is 5.13. The Hall–Kier alpha value is -4.16. The molecule has 1 aromatic carbocycles. The number of carbonyl (C=O) groups is 2. The Morgan fingerprint density at radius 3 is 2.42 bits per heavy atom. The van der Waals surface area contributed by atoms with Gasteiger partial charge in [-0.15, -0.1) is 22.7 Å². The summed E-state index contributed by atoms with van der Waals surface area (Å²) >= 11 is 2.94. The van der Waals surface area contributed by atoms with Crippen LogP contribution in [0.1, 0.15) is 22.2 Å². The number of aromatic nitrogens is 2. The SMILES string of the molecule is NC(=O)O[C@@H](Cc1ccncc1)C(=O)N[C@@H](Cc1ccc([N+](=O)[O-])cc1)c1nc(-c2cccs2)cs1. The first-order valence-corrected chi connectivity index (χ1v) is 12.5. The van der Waals surface area contributed by atoms with Gasteiger partial charge in [0.05, 0.1) is 21.5 Å². The number of hydrogen-bond donors (Lipinski definition) is 2. The normalized spacial score (nSPS) is 12.4. The van der Waals surface area contributed by atoms with Crippen LogP contribution in [0.25, 0.3) is 10.6 Å². The molecule has 0 saturated heterocycles. The van der Waals surface area contributed by atoms with Crippen LogP contribution in [0, 0.1) is 10.1 Å². The minimum Gasteiger partial charge on any atom is -0.436 e. The first-order chi connectivity index (χ1) is 17.4. The van der Waals surface area contributed by atoms with Crippen LogP contribution in [0.2, 0.25) is 0 Å². The van der Waals surface area contributed by atoms with Gasteiger partial charge in [-0.1, -0.05) is 18.2 Å². The van der Waals surface area contributed by atoms with E-state index in [-0.39, 0.29) is 12.1 Å². The summed E-state index contributed by atoms with van der Waals surface area (Å²) in [7, 11) is 0. The van der Waals surface area contributed by atoms with Crippen molar-refractivity contribution in [3.8, 4) is 10.6 Å². The van der Waals surface area contributed by atoms with Crippen LogP contribution < -0.4 is 11.1 Å². The summed E-state index contributed by atoms with van der Waals surface area (Å²) in [4.78, 5) is 45.0. The molecule has 0 spiro atoms. The number of thiazole rings is 1. The van der Waals surface area contributed by atoms with Crippen molar-refractivity contribution in [2.24, 2.45) is 5.73 Å². The van der Waals surface area contributed by atoms with Gasteiger partial charge in [0.15, 0.2) is 6.10 Å². The van der Waals surface area contributed by atoms with E-state index in [9.17, 15) is 19.7 Å². The highest BCUT2D eigenvalue weighted by Crippen LogP contribution is 2.30. The monoisotopic (exact) mass is 523 g/mol. The first-order valence-electron chi connectivity index (χ1n) is 10.8. The first kappa shape index (κ1) is 24.9. The molecule has 0 aliphatic carbocycles. The number of primary amides is 1. The Kier molecular flexibility index (Phi) is 7.98. The van der Waals surface area contributed by atoms with Crippen LogP contribution in [0.15, 0.2) is 71.7 Å². The second kappa shape index (κ2) is 11.5. The van der Waals surface area contributed by atoms with E-state index < -0.39 is 29.1 Å². The molecule has 36 heavy (non-hydrogen) atoms. The molecular weight excluding hydrogens is 502 g/mol. The quantitative estimate of drug-likeness (QED) is 0.233. The van der Waals surface area contributed by atoms with Gasteiger partial charge in [0.2, 0.25) is 0 Å². The summed E-state index contributed by atoms with van der Waals surface area (Å²) in [6.45, 7) is 0. The van der Waals surface area contributed by atoms with E-state index in [1.807, 2.05) is 22.9 Å². The highest BCUT2D eigenvalue weighted by Gasteiger charge is 2.27. The van der Waals surface area contributed by atoms with Crippen molar-refractivity contribution < 1.29 is 19.2 Å². The molecule has 12 heteroatoms. The van der Waals surface area contributed by atoms with Gasteiger partial charge in [0.1, 0.15) is 5.01 Å². The number of non-ortho nitro benzene ring substituents is 1. The number of nitro groups is 1. The van der Waals surface area contributed by atoms with Crippen molar-refractivity contribution >= 4 is 40.4 Å². The van der Waals surface area contributed by atoms with Crippen LogP contribution in [-0.2, 0) is 22.4 Å². The van der Waals surface area contributed by atoms with E-state index in [2.05, 4.69) is 10.3 Å². The molecule has 0 radical (unpaired) electrons. The molecule has 0 aliphatic heterocycles. The molecule has 0 unspecified atom stereocenters. The molecule has 3 heterocycles. The lowest BCUT2D eigenvalue weighted by Crippen LogP contribution is -2.42. The molecule has 3 aromatic heterocycles. The zero-order valence-electron chi connectivity index (χ0n) is 18.8. The highest BCUT2D eigenvalue weighted by atomic mass is 32.1. The van der Waals surface area contributed by atoms with Gasteiger partial charge >= 0.3 is 6.09 Å². The summed E-state index contributed by atoms with van der Waals surface area (Å²) in [5.74, 6) is -0.537. The van der Waals surface area contributed by atoms with E-state index in [1.54, 1.807) is 48.0 Å². The predicted molar refractivity (Wildman–Crippen MR) is 136 cm³/mol. The van der Waals surface area contributed by atoms with Gasteiger partial charge in [-0.3, -0.25) is 19.9 Å². The lowest BCUT2D eigenvalue weighted by atomic mass is 10.0. The molecule has 0 saturated carbocycles. The lowest BCUT2D eigenvalue weighted by Gasteiger charge is -2.21. The fourth-order valence-electron chi connectivity index (χ4n) is 3.50. The molecule has 4 rings (SSSR count). The van der Waals surface area contributed by atoms with Crippen LogP contribution in [0.4, 0.5) is 10.5 Å². The van der Waals surface area contributed by atoms with E-state index >= 15 is 0 Å². The van der Waals surface area contributed by atoms with E-state index in [0.717, 1.165) is 21.7 Å². The number of thiophene rings is 1. The number of nitrogens with zero attached hydrogens (tertiary/aromatic N) is 3. The minimum absolute atomic E-state index is 0.0270. The third kappa shape index (κ3) is 6.49. The zero-order chi connectivity index (χ0) is 25.5. The second-order valence-corrected chi connectivity index (χ2v) is 9.56. The standard InChI is InChI=1S/C24H21N5O5S2/c25-24(31)34-20(13-16-7-9-26-10-8-16)22(30)27-18(12-15-3-5-17(6-4-15)29(32)33)23-28-19(14-36-23)21-2-1-11-35-21/h1-11,14,18,20H,12-13H2,(H2,25,31)(H,27,30)/t18-,20-/m0/s1. The maximum atomic E-state index is 13.3. The molecular formula is C24H21N5O5S2. The van der Waals surface area contributed by atoms with Crippen molar-refractivity contribution in [1.82, 2.24) is 15.3 Å². The van der Waals surface area contributed by atoms with Crippen molar-refractivity contribution in [3.63, 3.8) is 0 Å². The maximum absolute atomic E-state index is 13.3. The number of nitro benzene ring substituents is 1. The van der Waals surface area contributed by atoms with Crippen LogP contribution in [0.3, 0.4) is 0 Å². The third-order valence-electron chi connectivity index (χ3n) is 5.22. The number of benzene rings is 1. The summed E-state index contributed by atoms with van der Waals surface area (Å²) < 4.78 is 5.13. The molecule has 0 aliphatic rings. The summed E-state index contributed by atoms with van der Waals surface area (Å²) in [6.07, 6.45) is 1.35. The average molecular weight is 524 g/mol. The van der Waals surface area contributed by atoms with Crippen molar-refractivity contribution in [1.29, 1.82) is 0 Å². The molecule has 3 N–H and O–H groups in total. The number of ether oxygens (including phenoxy) is 1. The van der Waals surface area contributed by atoms with Gasteiger partial charge < -0.3 is 15.8 Å². The van der Waals surface area contributed by atoms with E-state index in [1.165, 1.54) is 23.5 Å². The molecule has 10 nitrogen and oxygen atoms in total. The second-order valence-electron chi connectivity index (χ2n) is 7.72. The molecule has 2 atom stereocenters. The van der Waals surface area contributed by atoms with Crippen LogP contribution >= 0.6 is 22.7 Å². The number of hydrogen-bond acceptors (Lipinski definition) is 9. The highest BCUT2D eigenvalue weighted by molar-refractivity contribution is 7.14. The van der Waals surface area contributed by atoms with Crippen LogP contribution in [0.5, 0.6) is 0 Å². The minimum atomic E-state index is -1.17. The van der Waals surface area contributed by atoms with Gasteiger partial charge in [0, 0.05) is 36.3 Å². The van der Waals surface area contributed by atoms with Crippen molar-refractivity contribution in [3.05, 3.63) is 97.9 Å². The number of carbonyl (C=O) groups excluding carboxylic acids is 2. The summed E-state index contributed by atoms with van der Waals surface area (Å²) in [6, 6.07) is 12.8.